The molecule has 1 amide bonds. The second-order valence-corrected chi connectivity index (χ2v) is 8.24. The third-order valence-corrected chi connectivity index (χ3v) is 5.17. The summed E-state index contributed by atoms with van der Waals surface area (Å²) in [6.45, 7) is 5.53. The molecule has 26 heavy (non-hydrogen) atoms. The number of hydrogen-bond donors (Lipinski definition) is 2. The molecule has 0 aromatic heterocycles. The van der Waals surface area contributed by atoms with Gasteiger partial charge in [-0.2, -0.15) is 0 Å². The third-order valence-electron chi connectivity index (χ3n) is 3.77. The van der Waals surface area contributed by atoms with Crippen LogP contribution in [0.25, 0.3) is 0 Å². The maximum Gasteiger partial charge on any atom is 0.261 e. The van der Waals surface area contributed by atoms with Gasteiger partial charge < -0.3 is 5.32 Å². The van der Waals surface area contributed by atoms with Gasteiger partial charge >= 0.3 is 0 Å². The molecule has 0 radical (unpaired) electrons. The summed E-state index contributed by atoms with van der Waals surface area (Å²) in [4.78, 5) is 11.2. The Morgan fingerprint density at radius 1 is 1.12 bits per heavy atom. The molecule has 0 bridgehead atoms. The normalized spacial score (nSPS) is 11.4. The number of nitrogens with one attached hydrogen (secondary N) is 2. The molecule has 0 fully saturated rings. The van der Waals surface area contributed by atoms with Crippen molar-refractivity contribution in [3.05, 3.63) is 53.8 Å². The van der Waals surface area contributed by atoms with Crippen molar-refractivity contribution in [2.24, 2.45) is 5.92 Å². The van der Waals surface area contributed by atoms with E-state index in [9.17, 15) is 17.6 Å². The van der Waals surface area contributed by atoms with Gasteiger partial charge in [-0.3, -0.25) is 9.52 Å². The molecule has 0 heterocycles. The van der Waals surface area contributed by atoms with Gasteiger partial charge in [0.2, 0.25) is 5.91 Å². The van der Waals surface area contributed by atoms with Gasteiger partial charge in [0, 0.05) is 6.92 Å². The van der Waals surface area contributed by atoms with E-state index in [1.807, 2.05) is 0 Å². The number of carbonyl (C=O) groups is 1. The largest absolute Gasteiger partial charge is 0.324 e. The highest BCUT2D eigenvalue weighted by atomic mass is 32.2. The van der Waals surface area contributed by atoms with Gasteiger partial charge in [-0.25, -0.2) is 12.8 Å². The number of anilines is 2. The van der Waals surface area contributed by atoms with Gasteiger partial charge in [0.1, 0.15) is 5.82 Å². The lowest BCUT2D eigenvalue weighted by molar-refractivity contribution is -0.114. The molecule has 5 nitrogen and oxygen atoms in total. The first-order chi connectivity index (χ1) is 12.2. The summed E-state index contributed by atoms with van der Waals surface area (Å²) in [5, 5.41) is 2.32. The number of benzene rings is 2. The monoisotopic (exact) mass is 378 g/mol. The number of rotatable bonds is 7. The van der Waals surface area contributed by atoms with Crippen LogP contribution in [0.5, 0.6) is 0 Å². The number of carbonyl (C=O) groups excluding carboxylic acids is 1. The zero-order chi connectivity index (χ0) is 19.3. The second-order valence-electron chi connectivity index (χ2n) is 6.56. The van der Waals surface area contributed by atoms with Crippen LogP contribution in [0.3, 0.4) is 0 Å². The fraction of sp³-hybridized carbons (Fsp3) is 0.316. The fourth-order valence-corrected chi connectivity index (χ4v) is 3.43. The van der Waals surface area contributed by atoms with Gasteiger partial charge in [0.25, 0.3) is 10.0 Å². The SMILES string of the molecule is CC(=O)Nc1cc(NS(=O)(=O)c2ccc(CCC(C)C)cc2)ccc1F. The molecule has 2 N–H and O–H groups in total. The molecule has 0 atom stereocenters. The Hall–Kier alpha value is -2.41. The van der Waals surface area contributed by atoms with Crippen molar-refractivity contribution in [1.29, 1.82) is 0 Å². The molecule has 2 aromatic rings. The lowest BCUT2D eigenvalue weighted by Crippen LogP contribution is -2.14. The molecule has 140 valence electrons. The van der Waals surface area contributed by atoms with Crippen LogP contribution in [-0.2, 0) is 21.2 Å². The Morgan fingerprint density at radius 3 is 2.35 bits per heavy atom. The number of halogens is 1. The minimum atomic E-state index is -3.80. The Balaban J connectivity index is 2.16. The van der Waals surface area contributed by atoms with Gasteiger partial charge in [-0.1, -0.05) is 26.0 Å². The lowest BCUT2D eigenvalue weighted by Gasteiger charge is -2.11. The molecule has 0 aliphatic rings. The molecule has 0 unspecified atom stereocenters. The summed E-state index contributed by atoms with van der Waals surface area (Å²) in [5.41, 5.74) is 1.16. The van der Waals surface area contributed by atoms with Crippen molar-refractivity contribution in [3.63, 3.8) is 0 Å². The van der Waals surface area contributed by atoms with Crippen molar-refractivity contribution in [2.45, 2.75) is 38.5 Å². The van der Waals surface area contributed by atoms with E-state index in [4.69, 9.17) is 0 Å². The predicted molar refractivity (Wildman–Crippen MR) is 101 cm³/mol. The van der Waals surface area contributed by atoms with E-state index in [2.05, 4.69) is 23.9 Å². The molecule has 2 aromatic carbocycles. The Labute approximate surface area is 153 Å². The summed E-state index contributed by atoms with van der Waals surface area (Å²) in [6, 6.07) is 10.3. The minimum absolute atomic E-state index is 0.0817. The maximum atomic E-state index is 13.7. The van der Waals surface area contributed by atoms with Crippen LogP contribution in [0.1, 0.15) is 32.8 Å². The van der Waals surface area contributed by atoms with Crippen molar-refractivity contribution in [1.82, 2.24) is 0 Å². The first-order valence-electron chi connectivity index (χ1n) is 8.36. The highest BCUT2D eigenvalue weighted by Gasteiger charge is 2.15. The van der Waals surface area contributed by atoms with Gasteiger partial charge in [0.05, 0.1) is 16.3 Å². The maximum absolute atomic E-state index is 13.7. The predicted octanol–water partition coefficient (Wildman–Crippen LogP) is 4.17. The Morgan fingerprint density at radius 2 is 1.77 bits per heavy atom. The first-order valence-corrected chi connectivity index (χ1v) is 9.84. The number of amides is 1. The molecule has 0 saturated carbocycles. The standard InChI is InChI=1S/C19H23FN2O3S/c1-13(2)4-5-15-6-9-17(10-7-15)26(24,25)22-16-8-11-18(20)19(12-16)21-14(3)23/h6-13,22H,4-5H2,1-3H3,(H,21,23). The van der Waals surface area contributed by atoms with E-state index in [-0.39, 0.29) is 16.3 Å². The van der Waals surface area contributed by atoms with E-state index in [0.29, 0.717) is 5.92 Å². The summed E-state index contributed by atoms with van der Waals surface area (Å²) >= 11 is 0. The summed E-state index contributed by atoms with van der Waals surface area (Å²) in [7, 11) is -3.80. The van der Waals surface area contributed by atoms with Crippen molar-refractivity contribution in [3.8, 4) is 0 Å². The molecule has 0 aliphatic carbocycles. The molecular weight excluding hydrogens is 355 g/mol. The van der Waals surface area contributed by atoms with Crippen LogP contribution < -0.4 is 10.0 Å². The van der Waals surface area contributed by atoms with E-state index < -0.39 is 21.7 Å². The summed E-state index contributed by atoms with van der Waals surface area (Å²) < 4.78 is 41.1. The second kappa shape index (κ2) is 8.31. The van der Waals surface area contributed by atoms with Crippen LogP contribution in [-0.4, -0.2) is 14.3 Å². The quantitative estimate of drug-likeness (QED) is 0.759. The number of hydrogen-bond acceptors (Lipinski definition) is 3. The molecule has 0 aliphatic heterocycles. The molecule has 0 spiro atoms. The summed E-state index contributed by atoms with van der Waals surface area (Å²) in [5.74, 6) is -0.505. The van der Waals surface area contributed by atoms with E-state index in [1.54, 1.807) is 24.3 Å². The molecule has 7 heteroatoms. The highest BCUT2D eigenvalue weighted by molar-refractivity contribution is 7.92. The molecular formula is C19H23FN2O3S. The zero-order valence-corrected chi connectivity index (χ0v) is 15.9. The molecule has 0 saturated heterocycles. The zero-order valence-electron chi connectivity index (χ0n) is 15.0. The average molecular weight is 378 g/mol. The van der Waals surface area contributed by atoms with Crippen molar-refractivity contribution < 1.29 is 17.6 Å². The average Bonchev–Trinajstić information content (AvgIpc) is 2.55. The van der Waals surface area contributed by atoms with Crippen molar-refractivity contribution in [2.75, 3.05) is 10.0 Å². The van der Waals surface area contributed by atoms with Crippen LogP contribution in [0.4, 0.5) is 15.8 Å². The summed E-state index contributed by atoms with van der Waals surface area (Å²) in [6.07, 6.45) is 1.93. The lowest BCUT2D eigenvalue weighted by atomic mass is 10.0. The smallest absolute Gasteiger partial charge is 0.261 e. The molecule has 2 rings (SSSR count). The van der Waals surface area contributed by atoms with Crippen LogP contribution in [0, 0.1) is 11.7 Å². The Bertz CT molecular complexity index is 878. The number of sulfonamides is 1. The topological polar surface area (TPSA) is 75.3 Å². The number of aryl methyl sites for hydroxylation is 1. The van der Waals surface area contributed by atoms with E-state index >= 15 is 0 Å². The van der Waals surface area contributed by atoms with E-state index in [1.165, 1.54) is 19.1 Å². The Kier molecular flexibility index (Phi) is 6.37. The van der Waals surface area contributed by atoms with Crippen LogP contribution in [0.15, 0.2) is 47.4 Å². The van der Waals surface area contributed by atoms with Crippen LogP contribution >= 0.6 is 0 Å². The third kappa shape index (κ3) is 5.56. The van der Waals surface area contributed by atoms with Gasteiger partial charge in [0.15, 0.2) is 0 Å². The fourth-order valence-electron chi connectivity index (χ4n) is 2.38. The van der Waals surface area contributed by atoms with Crippen molar-refractivity contribution >= 4 is 27.3 Å². The minimum Gasteiger partial charge on any atom is -0.324 e. The van der Waals surface area contributed by atoms with Gasteiger partial charge in [-0.05, 0) is 54.7 Å². The van der Waals surface area contributed by atoms with Gasteiger partial charge in [-0.15, -0.1) is 0 Å². The van der Waals surface area contributed by atoms with E-state index in [0.717, 1.165) is 24.5 Å². The first kappa shape index (κ1) is 19.9. The highest BCUT2D eigenvalue weighted by Crippen LogP contribution is 2.23. The van der Waals surface area contributed by atoms with Crippen LogP contribution in [0.2, 0.25) is 0 Å².